The number of nitrogens with zero attached hydrogens (tertiary/aromatic N) is 1. The first kappa shape index (κ1) is 14.0. The number of fused-ring (bicyclic) bond motifs is 1. The fraction of sp³-hybridized carbons (Fsp3) is 0.235. The van der Waals surface area contributed by atoms with Crippen molar-refractivity contribution in [3.05, 3.63) is 57.9 Å². The van der Waals surface area contributed by atoms with Crippen molar-refractivity contribution in [2.24, 2.45) is 0 Å². The third-order valence-electron chi connectivity index (χ3n) is 3.47. The summed E-state index contributed by atoms with van der Waals surface area (Å²) >= 11 is 1.87. The van der Waals surface area contributed by atoms with Gasteiger partial charge in [-0.1, -0.05) is 25.1 Å². The number of nitrogens with two attached hydrogens (primary N) is 1. The Morgan fingerprint density at radius 1 is 1.10 bits per heavy atom. The summed E-state index contributed by atoms with van der Waals surface area (Å²) in [5, 5.41) is 4.46. The van der Waals surface area contributed by atoms with Crippen LogP contribution in [-0.4, -0.2) is 4.98 Å². The number of aryl methyl sites for hydroxylation is 1. The summed E-state index contributed by atoms with van der Waals surface area (Å²) < 4.78 is 0. The van der Waals surface area contributed by atoms with Gasteiger partial charge in [0.1, 0.15) is 0 Å². The van der Waals surface area contributed by atoms with Crippen LogP contribution >= 0.6 is 11.3 Å². The SMILES string of the molecule is CCc1ccc(CNCc2cc(N)c3ccccc3n2)s1. The number of nitrogen functional groups attached to an aromatic ring is 1. The van der Waals surface area contributed by atoms with Crippen molar-refractivity contribution in [1.82, 2.24) is 10.3 Å². The molecule has 0 atom stereocenters. The van der Waals surface area contributed by atoms with Crippen molar-refractivity contribution in [2.45, 2.75) is 26.4 Å². The van der Waals surface area contributed by atoms with Gasteiger partial charge in [0.2, 0.25) is 0 Å². The molecule has 0 bridgehead atoms. The predicted octanol–water partition coefficient (Wildman–Crippen LogP) is 3.73. The van der Waals surface area contributed by atoms with E-state index in [0.29, 0.717) is 0 Å². The lowest BCUT2D eigenvalue weighted by molar-refractivity contribution is 0.689. The van der Waals surface area contributed by atoms with Crippen LogP contribution < -0.4 is 11.1 Å². The fourth-order valence-electron chi connectivity index (χ4n) is 2.37. The molecule has 0 spiro atoms. The molecule has 1 aromatic carbocycles. The number of aromatic nitrogens is 1. The minimum atomic E-state index is 0.731. The number of hydrogen-bond acceptors (Lipinski definition) is 4. The first-order valence-electron chi connectivity index (χ1n) is 7.18. The maximum absolute atomic E-state index is 6.10. The van der Waals surface area contributed by atoms with E-state index in [2.05, 4.69) is 29.4 Å². The number of anilines is 1. The minimum Gasteiger partial charge on any atom is -0.398 e. The third-order valence-corrected chi connectivity index (χ3v) is 4.70. The molecule has 3 aromatic rings. The molecule has 0 aliphatic carbocycles. The van der Waals surface area contributed by atoms with Crippen molar-refractivity contribution >= 4 is 27.9 Å². The monoisotopic (exact) mass is 297 g/mol. The van der Waals surface area contributed by atoms with Crippen LogP contribution in [0.4, 0.5) is 5.69 Å². The van der Waals surface area contributed by atoms with Gasteiger partial charge in [-0.2, -0.15) is 0 Å². The molecule has 3 rings (SSSR count). The summed E-state index contributed by atoms with van der Waals surface area (Å²) in [5.41, 5.74) is 8.83. The van der Waals surface area contributed by atoms with E-state index >= 15 is 0 Å². The molecular formula is C17H19N3S. The lowest BCUT2D eigenvalue weighted by atomic mass is 10.1. The highest BCUT2D eigenvalue weighted by molar-refractivity contribution is 7.11. The van der Waals surface area contributed by atoms with Crippen LogP contribution in [0.1, 0.15) is 22.4 Å². The zero-order valence-corrected chi connectivity index (χ0v) is 12.9. The summed E-state index contributed by atoms with van der Waals surface area (Å²) in [6, 6.07) is 14.3. The van der Waals surface area contributed by atoms with E-state index in [1.165, 1.54) is 9.75 Å². The number of pyridine rings is 1. The van der Waals surface area contributed by atoms with Gasteiger partial charge >= 0.3 is 0 Å². The second-order valence-electron chi connectivity index (χ2n) is 5.05. The predicted molar refractivity (Wildman–Crippen MR) is 90.4 cm³/mol. The molecule has 2 heterocycles. The lowest BCUT2D eigenvalue weighted by Gasteiger charge is -2.07. The summed E-state index contributed by atoms with van der Waals surface area (Å²) in [7, 11) is 0. The average Bonchev–Trinajstić information content (AvgIpc) is 2.95. The molecular weight excluding hydrogens is 278 g/mol. The Hall–Kier alpha value is -1.91. The van der Waals surface area contributed by atoms with E-state index < -0.39 is 0 Å². The smallest absolute Gasteiger partial charge is 0.0726 e. The first-order chi connectivity index (χ1) is 10.3. The molecule has 0 radical (unpaired) electrons. The molecule has 2 aromatic heterocycles. The van der Waals surface area contributed by atoms with Crippen LogP contribution in [0.25, 0.3) is 10.9 Å². The van der Waals surface area contributed by atoms with Gasteiger partial charge in [-0.05, 0) is 30.7 Å². The van der Waals surface area contributed by atoms with Gasteiger partial charge in [0.25, 0.3) is 0 Å². The molecule has 108 valence electrons. The van der Waals surface area contributed by atoms with Crippen LogP contribution in [0.15, 0.2) is 42.5 Å². The highest BCUT2D eigenvalue weighted by Crippen LogP contribution is 2.20. The molecule has 3 N–H and O–H groups in total. The van der Waals surface area contributed by atoms with Crippen LogP contribution in [0, 0.1) is 0 Å². The summed E-state index contributed by atoms with van der Waals surface area (Å²) in [4.78, 5) is 7.44. The number of benzene rings is 1. The summed E-state index contributed by atoms with van der Waals surface area (Å²) in [5.74, 6) is 0. The minimum absolute atomic E-state index is 0.731. The summed E-state index contributed by atoms with van der Waals surface area (Å²) in [6.07, 6.45) is 1.10. The Morgan fingerprint density at radius 2 is 1.90 bits per heavy atom. The number of rotatable bonds is 5. The molecule has 0 amide bonds. The largest absolute Gasteiger partial charge is 0.398 e. The van der Waals surface area contributed by atoms with E-state index in [1.54, 1.807) is 0 Å². The maximum Gasteiger partial charge on any atom is 0.0726 e. The highest BCUT2D eigenvalue weighted by atomic mass is 32.1. The molecule has 0 unspecified atom stereocenters. The van der Waals surface area contributed by atoms with E-state index in [-0.39, 0.29) is 0 Å². The standard InChI is InChI=1S/C17H19N3S/c1-2-13-7-8-14(21-13)11-19-10-12-9-16(18)15-5-3-4-6-17(15)20-12/h3-9,19H,2,10-11H2,1H3,(H2,18,20). The number of nitrogens with one attached hydrogen (secondary N) is 1. The van der Waals surface area contributed by atoms with Crippen molar-refractivity contribution in [3.63, 3.8) is 0 Å². The van der Waals surface area contributed by atoms with Crippen LogP contribution in [-0.2, 0) is 19.5 Å². The number of para-hydroxylation sites is 1. The topological polar surface area (TPSA) is 50.9 Å². The van der Waals surface area contributed by atoms with Crippen LogP contribution in [0.5, 0.6) is 0 Å². The maximum atomic E-state index is 6.10. The fourth-order valence-corrected chi connectivity index (χ4v) is 3.30. The van der Waals surface area contributed by atoms with E-state index in [9.17, 15) is 0 Å². The van der Waals surface area contributed by atoms with Gasteiger partial charge in [0, 0.05) is 33.9 Å². The van der Waals surface area contributed by atoms with E-state index in [4.69, 9.17) is 5.73 Å². The zero-order valence-electron chi connectivity index (χ0n) is 12.1. The number of hydrogen-bond donors (Lipinski definition) is 2. The Bertz CT molecular complexity index is 749. The van der Waals surface area contributed by atoms with Gasteiger partial charge in [-0.25, -0.2) is 0 Å². The van der Waals surface area contributed by atoms with Gasteiger partial charge in [-0.3, -0.25) is 4.98 Å². The molecule has 0 saturated carbocycles. The van der Waals surface area contributed by atoms with Crippen molar-refractivity contribution in [2.75, 3.05) is 5.73 Å². The Morgan fingerprint density at radius 3 is 2.71 bits per heavy atom. The van der Waals surface area contributed by atoms with Crippen LogP contribution in [0.3, 0.4) is 0 Å². The Kier molecular flexibility index (Phi) is 4.18. The molecule has 0 fully saturated rings. The molecule has 0 aliphatic heterocycles. The second kappa shape index (κ2) is 6.24. The first-order valence-corrected chi connectivity index (χ1v) is 8.00. The van der Waals surface area contributed by atoms with Crippen molar-refractivity contribution in [3.8, 4) is 0 Å². The van der Waals surface area contributed by atoms with Crippen molar-refractivity contribution in [1.29, 1.82) is 0 Å². The molecule has 21 heavy (non-hydrogen) atoms. The van der Waals surface area contributed by atoms with E-state index in [0.717, 1.165) is 41.8 Å². The molecule has 4 heteroatoms. The van der Waals surface area contributed by atoms with Gasteiger partial charge in [0.05, 0.1) is 11.2 Å². The Labute approximate surface area is 128 Å². The van der Waals surface area contributed by atoms with Crippen LogP contribution in [0.2, 0.25) is 0 Å². The normalized spacial score (nSPS) is 11.1. The summed E-state index contributed by atoms with van der Waals surface area (Å²) in [6.45, 7) is 3.79. The second-order valence-corrected chi connectivity index (χ2v) is 6.30. The quantitative estimate of drug-likeness (QED) is 0.754. The van der Waals surface area contributed by atoms with E-state index in [1.807, 2.05) is 41.7 Å². The lowest BCUT2D eigenvalue weighted by Crippen LogP contribution is -2.13. The third kappa shape index (κ3) is 3.23. The molecule has 3 nitrogen and oxygen atoms in total. The molecule has 0 aliphatic rings. The highest BCUT2D eigenvalue weighted by Gasteiger charge is 2.03. The number of thiophene rings is 1. The van der Waals surface area contributed by atoms with Gasteiger partial charge in [0.15, 0.2) is 0 Å². The van der Waals surface area contributed by atoms with Gasteiger partial charge in [-0.15, -0.1) is 11.3 Å². The Balaban J connectivity index is 1.67. The zero-order chi connectivity index (χ0) is 14.7. The average molecular weight is 297 g/mol. The molecule has 0 saturated heterocycles. The van der Waals surface area contributed by atoms with Crippen molar-refractivity contribution < 1.29 is 0 Å². The van der Waals surface area contributed by atoms with Gasteiger partial charge < -0.3 is 11.1 Å².